The monoisotopic (exact) mass is 235 g/mol. The zero-order chi connectivity index (χ0) is 12.1. The molecule has 3 nitrogen and oxygen atoms in total. The van der Waals surface area contributed by atoms with E-state index >= 15 is 0 Å². The molecule has 1 heterocycles. The minimum absolute atomic E-state index is 0.154. The highest BCUT2D eigenvalue weighted by molar-refractivity contribution is 5.76. The Morgan fingerprint density at radius 2 is 2.18 bits per heavy atom. The van der Waals surface area contributed by atoms with Crippen LogP contribution in [0.2, 0.25) is 0 Å². The molecule has 0 bridgehead atoms. The number of nitrogens with one attached hydrogen (secondary N) is 1. The lowest BCUT2D eigenvalue weighted by atomic mass is 9.87. The van der Waals surface area contributed by atoms with Gasteiger partial charge in [0.25, 0.3) is 0 Å². The van der Waals surface area contributed by atoms with Crippen LogP contribution in [0.1, 0.15) is 44.8 Å². The molecule has 1 aromatic rings. The topological polar surface area (TPSA) is 42.2 Å². The highest BCUT2D eigenvalue weighted by atomic mass is 16.3. The van der Waals surface area contributed by atoms with Crippen molar-refractivity contribution in [2.75, 3.05) is 0 Å². The molecule has 1 N–H and O–H groups in total. The minimum atomic E-state index is 0.154. The highest BCUT2D eigenvalue weighted by Gasteiger charge is 2.19. The number of furan rings is 1. The number of aryl methyl sites for hydroxylation is 1. The van der Waals surface area contributed by atoms with E-state index in [1.807, 2.05) is 12.1 Å². The quantitative estimate of drug-likeness (QED) is 0.872. The molecule has 1 aliphatic carbocycles. The highest BCUT2D eigenvalue weighted by Crippen LogP contribution is 2.23. The Bertz CT molecular complexity index is 337. The third-order valence-corrected chi connectivity index (χ3v) is 3.56. The first-order valence-electron chi connectivity index (χ1n) is 6.56. The fraction of sp³-hybridized carbons (Fsp3) is 0.643. The standard InChI is InChI=1S/C14H21NO2/c1-11-4-6-12(7-5-11)15-14(16)9-8-13-3-2-10-17-13/h2-3,10-12H,4-9H2,1H3,(H,15,16). The fourth-order valence-electron chi connectivity index (χ4n) is 2.40. The molecule has 17 heavy (non-hydrogen) atoms. The number of hydrogen-bond donors (Lipinski definition) is 1. The lowest BCUT2D eigenvalue weighted by molar-refractivity contribution is -0.122. The number of carbonyl (C=O) groups excluding carboxylic acids is 1. The van der Waals surface area contributed by atoms with Gasteiger partial charge in [-0.2, -0.15) is 0 Å². The molecule has 1 aromatic heterocycles. The maximum absolute atomic E-state index is 11.7. The van der Waals surface area contributed by atoms with Crippen LogP contribution >= 0.6 is 0 Å². The Kier molecular flexibility index (Phi) is 4.24. The van der Waals surface area contributed by atoms with E-state index in [9.17, 15) is 4.79 Å². The van der Waals surface area contributed by atoms with E-state index in [0.29, 0.717) is 18.9 Å². The van der Waals surface area contributed by atoms with Crippen LogP contribution in [0.15, 0.2) is 22.8 Å². The smallest absolute Gasteiger partial charge is 0.220 e. The summed E-state index contributed by atoms with van der Waals surface area (Å²) in [7, 11) is 0. The fourth-order valence-corrected chi connectivity index (χ4v) is 2.40. The van der Waals surface area contributed by atoms with Crippen LogP contribution in [-0.2, 0) is 11.2 Å². The van der Waals surface area contributed by atoms with Crippen molar-refractivity contribution >= 4 is 5.91 Å². The minimum Gasteiger partial charge on any atom is -0.469 e. The molecule has 1 fully saturated rings. The van der Waals surface area contributed by atoms with Crippen molar-refractivity contribution < 1.29 is 9.21 Å². The van der Waals surface area contributed by atoms with Gasteiger partial charge in [0.05, 0.1) is 6.26 Å². The van der Waals surface area contributed by atoms with Crippen LogP contribution in [0.4, 0.5) is 0 Å². The van der Waals surface area contributed by atoms with Crippen molar-refractivity contribution in [3.05, 3.63) is 24.2 Å². The van der Waals surface area contributed by atoms with E-state index in [1.165, 1.54) is 12.8 Å². The maximum atomic E-state index is 11.7. The lowest BCUT2D eigenvalue weighted by Gasteiger charge is -2.26. The van der Waals surface area contributed by atoms with Gasteiger partial charge in [0.2, 0.25) is 5.91 Å². The van der Waals surface area contributed by atoms with Gasteiger partial charge in [-0.3, -0.25) is 4.79 Å². The molecular weight excluding hydrogens is 214 g/mol. The van der Waals surface area contributed by atoms with Gasteiger partial charge in [-0.25, -0.2) is 0 Å². The van der Waals surface area contributed by atoms with E-state index in [1.54, 1.807) is 6.26 Å². The maximum Gasteiger partial charge on any atom is 0.220 e. The molecule has 1 aliphatic rings. The van der Waals surface area contributed by atoms with Gasteiger partial charge in [0.1, 0.15) is 5.76 Å². The molecule has 0 aromatic carbocycles. The Hall–Kier alpha value is -1.25. The second-order valence-corrected chi connectivity index (χ2v) is 5.10. The van der Waals surface area contributed by atoms with Crippen molar-refractivity contribution in [2.45, 2.75) is 51.5 Å². The van der Waals surface area contributed by atoms with Gasteiger partial charge in [-0.05, 0) is 43.7 Å². The molecule has 3 heteroatoms. The molecule has 0 unspecified atom stereocenters. The summed E-state index contributed by atoms with van der Waals surface area (Å²) in [5.74, 6) is 1.87. The van der Waals surface area contributed by atoms with Crippen molar-refractivity contribution in [1.29, 1.82) is 0 Å². The van der Waals surface area contributed by atoms with Crippen molar-refractivity contribution in [2.24, 2.45) is 5.92 Å². The molecule has 1 amide bonds. The van der Waals surface area contributed by atoms with Crippen LogP contribution in [0.5, 0.6) is 0 Å². The predicted molar refractivity (Wildman–Crippen MR) is 66.6 cm³/mol. The summed E-state index contributed by atoms with van der Waals surface area (Å²) >= 11 is 0. The Morgan fingerprint density at radius 3 is 2.82 bits per heavy atom. The molecular formula is C14H21NO2. The second kappa shape index (κ2) is 5.89. The number of rotatable bonds is 4. The summed E-state index contributed by atoms with van der Waals surface area (Å²) in [5, 5.41) is 3.12. The average Bonchev–Trinajstić information content (AvgIpc) is 2.83. The Morgan fingerprint density at radius 1 is 1.41 bits per heavy atom. The average molecular weight is 235 g/mol. The summed E-state index contributed by atoms with van der Waals surface area (Å²) in [5.41, 5.74) is 0. The van der Waals surface area contributed by atoms with Crippen LogP contribution in [0.25, 0.3) is 0 Å². The summed E-state index contributed by atoms with van der Waals surface area (Å²) < 4.78 is 5.21. The van der Waals surface area contributed by atoms with Crippen LogP contribution in [0, 0.1) is 5.92 Å². The molecule has 0 spiro atoms. The second-order valence-electron chi connectivity index (χ2n) is 5.10. The van der Waals surface area contributed by atoms with Crippen molar-refractivity contribution in [3.8, 4) is 0 Å². The normalized spacial score (nSPS) is 24.5. The van der Waals surface area contributed by atoms with E-state index in [2.05, 4.69) is 12.2 Å². The first-order chi connectivity index (χ1) is 8.24. The lowest BCUT2D eigenvalue weighted by Crippen LogP contribution is -2.37. The Labute approximate surface area is 103 Å². The van der Waals surface area contributed by atoms with Gasteiger partial charge in [-0.1, -0.05) is 6.92 Å². The van der Waals surface area contributed by atoms with Gasteiger partial charge < -0.3 is 9.73 Å². The molecule has 0 atom stereocenters. The van der Waals surface area contributed by atoms with E-state index in [0.717, 1.165) is 24.5 Å². The zero-order valence-electron chi connectivity index (χ0n) is 10.4. The third kappa shape index (κ3) is 3.91. The van der Waals surface area contributed by atoms with Crippen molar-refractivity contribution in [3.63, 3.8) is 0 Å². The number of amides is 1. The first-order valence-corrected chi connectivity index (χ1v) is 6.56. The first kappa shape index (κ1) is 12.2. The van der Waals surface area contributed by atoms with E-state index in [-0.39, 0.29) is 5.91 Å². The SMILES string of the molecule is CC1CCC(NC(=O)CCc2ccco2)CC1. The van der Waals surface area contributed by atoms with E-state index in [4.69, 9.17) is 4.42 Å². The van der Waals surface area contributed by atoms with Gasteiger partial charge in [0, 0.05) is 18.9 Å². The summed E-state index contributed by atoms with van der Waals surface area (Å²) in [6, 6.07) is 4.17. The van der Waals surface area contributed by atoms with Gasteiger partial charge in [0.15, 0.2) is 0 Å². The summed E-state index contributed by atoms with van der Waals surface area (Å²) in [6.45, 7) is 2.29. The summed E-state index contributed by atoms with van der Waals surface area (Å²) in [4.78, 5) is 11.7. The summed E-state index contributed by atoms with van der Waals surface area (Å²) in [6.07, 6.45) is 7.62. The van der Waals surface area contributed by atoms with Gasteiger partial charge >= 0.3 is 0 Å². The largest absolute Gasteiger partial charge is 0.469 e. The molecule has 0 saturated heterocycles. The zero-order valence-corrected chi connectivity index (χ0v) is 10.4. The third-order valence-electron chi connectivity index (χ3n) is 3.56. The Balaban J connectivity index is 1.67. The van der Waals surface area contributed by atoms with Crippen molar-refractivity contribution in [1.82, 2.24) is 5.32 Å². The predicted octanol–water partition coefficient (Wildman–Crippen LogP) is 2.91. The van der Waals surface area contributed by atoms with E-state index < -0.39 is 0 Å². The molecule has 94 valence electrons. The van der Waals surface area contributed by atoms with Crippen LogP contribution in [0.3, 0.4) is 0 Å². The van der Waals surface area contributed by atoms with Crippen LogP contribution in [-0.4, -0.2) is 11.9 Å². The molecule has 0 aliphatic heterocycles. The van der Waals surface area contributed by atoms with Crippen LogP contribution < -0.4 is 5.32 Å². The molecule has 2 rings (SSSR count). The molecule has 1 saturated carbocycles. The molecule has 0 radical (unpaired) electrons. The van der Waals surface area contributed by atoms with Gasteiger partial charge in [-0.15, -0.1) is 0 Å². The number of carbonyl (C=O) groups is 1. The number of hydrogen-bond acceptors (Lipinski definition) is 2.